The van der Waals surface area contributed by atoms with Crippen molar-refractivity contribution in [2.75, 3.05) is 0 Å². The van der Waals surface area contributed by atoms with E-state index in [0.717, 1.165) is 0 Å². The van der Waals surface area contributed by atoms with Gasteiger partial charge in [0, 0.05) is 35.0 Å². The quantitative estimate of drug-likeness (QED) is 0.354. The summed E-state index contributed by atoms with van der Waals surface area (Å²) < 4.78 is 63.1. The summed E-state index contributed by atoms with van der Waals surface area (Å²) in [5.74, 6) is -6.01. The van der Waals surface area contributed by atoms with E-state index in [9.17, 15) is 26.3 Å². The van der Waals surface area contributed by atoms with Crippen LogP contribution in [0.3, 0.4) is 0 Å². The minimum Gasteiger partial charge on any atom is -0.542 e. The number of pyridine rings is 2. The van der Waals surface area contributed by atoms with Gasteiger partial charge in [0.15, 0.2) is 12.4 Å². The predicted molar refractivity (Wildman–Crippen MR) is 103 cm³/mol. The van der Waals surface area contributed by atoms with Crippen LogP contribution in [0, 0.1) is 0 Å². The van der Waals surface area contributed by atoms with Crippen molar-refractivity contribution < 1.29 is 56.1 Å². The van der Waals surface area contributed by atoms with Gasteiger partial charge in [0.25, 0.3) is 0 Å². The highest BCUT2D eigenvalue weighted by molar-refractivity contribution is 5.75. The number of fused-ring (bicyclic) bond motifs is 2. The van der Waals surface area contributed by atoms with E-state index in [-0.39, 0.29) is 0 Å². The summed E-state index contributed by atoms with van der Waals surface area (Å²) in [4.78, 5) is 23.9. The number of aliphatic carboxylic acids is 2. The molecule has 0 saturated heterocycles. The fourth-order valence-electron chi connectivity index (χ4n) is 2.13. The van der Waals surface area contributed by atoms with E-state index in [1.807, 2.05) is 48.8 Å². The lowest BCUT2D eigenvalue weighted by Crippen LogP contribution is -2.37. The third-order valence-electron chi connectivity index (χ3n) is 3.61. The Balaban J connectivity index is 0.000000231. The summed E-state index contributed by atoms with van der Waals surface area (Å²) in [6.07, 6.45) is -6.52. The molecule has 0 unspecified atom stereocenters. The number of carbonyl (C=O) groups is 2. The summed E-state index contributed by atoms with van der Waals surface area (Å²) >= 11 is 0. The Kier molecular flexibility index (Phi) is 10.4. The summed E-state index contributed by atoms with van der Waals surface area (Å²) in [5, 5.41) is 20.1. The number of rotatable bonds is 0. The van der Waals surface area contributed by atoms with Crippen molar-refractivity contribution in [2.24, 2.45) is 0 Å². The van der Waals surface area contributed by atoms with Gasteiger partial charge in [-0.1, -0.05) is 24.3 Å². The third kappa shape index (κ3) is 10.4. The first-order chi connectivity index (χ1) is 15.8. The molecule has 2 aromatic carbocycles. The standard InChI is InChI=1S/2C9H7N.2C2HF3O2/c2*1-2-6-9-8(4-1)5-3-7-10-9;2*3-2(4,5)1(6)7/h2*1-7H;2*(H,6,7). The van der Waals surface area contributed by atoms with Crippen LogP contribution in [-0.4, -0.2) is 24.3 Å². The van der Waals surface area contributed by atoms with Crippen LogP contribution in [0.1, 0.15) is 0 Å². The van der Waals surface area contributed by atoms with Gasteiger partial charge in [-0.3, -0.25) is 0 Å². The Morgan fingerprint density at radius 2 is 0.824 bits per heavy atom. The Morgan fingerprint density at radius 3 is 1.09 bits per heavy atom. The van der Waals surface area contributed by atoms with Crippen LogP contribution in [0.15, 0.2) is 85.2 Å². The van der Waals surface area contributed by atoms with Crippen LogP contribution in [0.4, 0.5) is 26.3 Å². The number of hydrogen-bond donors (Lipinski definition) is 0. The number of nitrogens with one attached hydrogen (secondary N) is 2. The predicted octanol–water partition coefficient (Wildman–Crippen LogP) is 1.90. The highest BCUT2D eigenvalue weighted by Crippen LogP contribution is 2.12. The molecule has 0 amide bonds. The second-order valence-corrected chi connectivity index (χ2v) is 6.09. The lowest BCUT2D eigenvalue weighted by atomic mass is 10.2. The van der Waals surface area contributed by atoms with Gasteiger partial charge < -0.3 is 19.8 Å². The summed E-state index contributed by atoms with van der Waals surface area (Å²) in [6, 6.07) is 24.6. The molecular formula is C22H16F6N2O4. The monoisotopic (exact) mass is 486 g/mol. The fraction of sp³-hybridized carbons (Fsp3) is 0.0909. The fourth-order valence-corrected chi connectivity index (χ4v) is 2.13. The molecular weight excluding hydrogens is 470 g/mol. The van der Waals surface area contributed by atoms with Gasteiger partial charge in [-0.15, -0.1) is 0 Å². The molecule has 0 aliphatic rings. The highest BCUT2D eigenvalue weighted by Gasteiger charge is 2.29. The summed E-state index contributed by atoms with van der Waals surface area (Å²) in [5.41, 5.74) is 2.37. The van der Waals surface area contributed by atoms with Crippen molar-refractivity contribution in [2.45, 2.75) is 12.4 Å². The second-order valence-electron chi connectivity index (χ2n) is 6.09. The van der Waals surface area contributed by atoms with Crippen molar-refractivity contribution >= 4 is 33.7 Å². The second kappa shape index (κ2) is 12.7. The number of H-pyrrole nitrogens is 2. The lowest BCUT2D eigenvalue weighted by molar-refractivity contribution is -0.345. The van der Waals surface area contributed by atoms with Crippen LogP contribution in [0.2, 0.25) is 0 Å². The lowest BCUT2D eigenvalue weighted by Gasteiger charge is -2.03. The minimum atomic E-state index is -5.19. The largest absolute Gasteiger partial charge is 0.542 e. The molecule has 6 nitrogen and oxygen atoms in total. The average molecular weight is 486 g/mol. The molecule has 2 aromatic heterocycles. The molecule has 4 rings (SSSR count). The maximum atomic E-state index is 10.5. The number of aromatic nitrogens is 2. The SMILES string of the molecule is O=C([O-])C(F)(F)F.O=C([O-])C(F)(F)F.c1ccc2[nH+]cccc2c1.c1ccc2[nH+]cccc2c1. The van der Waals surface area contributed by atoms with Gasteiger partial charge in [-0.25, -0.2) is 9.97 Å². The zero-order valence-corrected chi connectivity index (χ0v) is 17.0. The Hall–Kier alpha value is -4.22. The maximum absolute atomic E-state index is 10.5. The van der Waals surface area contributed by atoms with E-state index in [1.165, 1.54) is 21.8 Å². The Morgan fingerprint density at radius 1 is 0.559 bits per heavy atom. The summed E-state index contributed by atoms with van der Waals surface area (Å²) in [6.45, 7) is 0. The van der Waals surface area contributed by atoms with Crippen molar-refractivity contribution in [3.63, 3.8) is 0 Å². The molecule has 0 aliphatic carbocycles. The zero-order valence-electron chi connectivity index (χ0n) is 17.0. The van der Waals surface area contributed by atoms with Crippen LogP contribution >= 0.6 is 0 Å². The topological polar surface area (TPSA) is 109 Å². The number of benzene rings is 2. The molecule has 0 radical (unpaired) electrons. The molecule has 0 aliphatic heterocycles. The van der Waals surface area contributed by atoms with E-state index >= 15 is 0 Å². The van der Waals surface area contributed by atoms with Gasteiger partial charge in [0.05, 0.1) is 0 Å². The van der Waals surface area contributed by atoms with E-state index < -0.39 is 24.3 Å². The third-order valence-corrected chi connectivity index (χ3v) is 3.61. The van der Waals surface area contributed by atoms with E-state index in [0.29, 0.717) is 0 Å². The first-order valence-electron chi connectivity index (χ1n) is 9.09. The van der Waals surface area contributed by atoms with E-state index in [2.05, 4.69) is 46.4 Å². The van der Waals surface area contributed by atoms with Crippen LogP contribution in [-0.2, 0) is 9.59 Å². The van der Waals surface area contributed by atoms with Gasteiger partial charge in [0.1, 0.15) is 11.9 Å². The zero-order chi connectivity index (χ0) is 25.8. The van der Waals surface area contributed by atoms with Crippen molar-refractivity contribution in [1.29, 1.82) is 0 Å². The van der Waals surface area contributed by atoms with Crippen LogP contribution < -0.4 is 20.2 Å². The molecule has 2 N–H and O–H groups in total. The maximum Gasteiger partial charge on any atom is 0.430 e. The minimum absolute atomic E-state index is 1.19. The molecule has 0 saturated carbocycles. The van der Waals surface area contributed by atoms with Gasteiger partial charge in [0.2, 0.25) is 11.0 Å². The molecule has 0 fully saturated rings. The molecule has 180 valence electrons. The Bertz CT molecular complexity index is 987. The molecule has 0 bridgehead atoms. The summed E-state index contributed by atoms with van der Waals surface area (Å²) in [7, 11) is 0. The average Bonchev–Trinajstić information content (AvgIpc) is 2.79. The van der Waals surface area contributed by atoms with Crippen molar-refractivity contribution in [3.8, 4) is 0 Å². The van der Waals surface area contributed by atoms with Crippen molar-refractivity contribution in [1.82, 2.24) is 0 Å². The number of aromatic amines is 2. The van der Waals surface area contributed by atoms with Crippen molar-refractivity contribution in [3.05, 3.63) is 85.2 Å². The molecule has 12 heteroatoms. The smallest absolute Gasteiger partial charge is 0.430 e. The number of hydrogen-bond acceptors (Lipinski definition) is 4. The Labute approximate surface area is 188 Å². The van der Waals surface area contributed by atoms with E-state index in [1.54, 1.807) is 0 Å². The van der Waals surface area contributed by atoms with E-state index in [4.69, 9.17) is 19.8 Å². The van der Waals surface area contributed by atoms with Crippen LogP contribution in [0.25, 0.3) is 21.8 Å². The van der Waals surface area contributed by atoms with Gasteiger partial charge in [-0.05, 0) is 24.3 Å². The number of carboxylic acids is 2. The first-order valence-corrected chi connectivity index (χ1v) is 9.09. The van der Waals surface area contributed by atoms with Gasteiger partial charge in [-0.2, -0.15) is 26.3 Å². The number of halogens is 6. The number of carbonyl (C=O) groups excluding carboxylic acids is 2. The normalized spacial score (nSPS) is 10.5. The van der Waals surface area contributed by atoms with Crippen LogP contribution in [0.5, 0.6) is 0 Å². The molecule has 0 spiro atoms. The number of carboxylic acid groups (broad SMARTS) is 2. The molecule has 34 heavy (non-hydrogen) atoms. The van der Waals surface area contributed by atoms with Gasteiger partial charge >= 0.3 is 12.4 Å². The molecule has 2 heterocycles. The molecule has 4 aromatic rings. The molecule has 0 atom stereocenters. The highest BCUT2D eigenvalue weighted by atomic mass is 19.4. The number of alkyl halides is 6. The first kappa shape index (κ1) is 27.8. The number of para-hydroxylation sites is 2.